The van der Waals surface area contributed by atoms with E-state index < -0.39 is 44.0 Å². The van der Waals surface area contributed by atoms with Crippen molar-refractivity contribution in [3.05, 3.63) is 32.6 Å². The summed E-state index contributed by atoms with van der Waals surface area (Å²) >= 11 is 0. The van der Waals surface area contributed by atoms with Gasteiger partial charge in [0.15, 0.2) is 6.10 Å². The number of aromatic nitrogens is 2. The number of aromatic amines is 1. The van der Waals surface area contributed by atoms with Gasteiger partial charge in [-0.2, -0.15) is 13.2 Å². The van der Waals surface area contributed by atoms with Crippen molar-refractivity contribution in [2.24, 2.45) is 0 Å². The SMILES string of the molecule is Cc1cn(CC(OCP(=O)([O-])[O-])C(F)(F)F)c(=O)[nH]c1=O.[Li+].[Li+]. The largest absolute Gasteiger partial charge is 1.00 e. The molecule has 1 unspecified atom stereocenters. The molecule has 0 saturated heterocycles. The molecule has 1 rings (SSSR count). The van der Waals surface area contributed by atoms with E-state index in [0.717, 1.165) is 6.20 Å². The number of nitrogens with zero attached hydrogens (tertiary/aromatic N) is 1. The number of rotatable bonds is 5. The van der Waals surface area contributed by atoms with Crippen LogP contribution in [0.25, 0.3) is 0 Å². The predicted octanol–water partition coefficient (Wildman–Crippen LogP) is -7.33. The van der Waals surface area contributed by atoms with E-state index in [-0.39, 0.29) is 43.3 Å². The summed E-state index contributed by atoms with van der Waals surface area (Å²) in [5, 5.41) is 0. The first kappa shape index (κ1) is 25.0. The summed E-state index contributed by atoms with van der Waals surface area (Å²) in [5.74, 6) is 0. The smallest absolute Gasteiger partial charge is 0.809 e. The zero-order valence-corrected chi connectivity index (χ0v) is 13.4. The Morgan fingerprint density at radius 2 is 1.87 bits per heavy atom. The summed E-state index contributed by atoms with van der Waals surface area (Å²) in [6.07, 6.45) is -8.47. The fourth-order valence-corrected chi connectivity index (χ4v) is 1.73. The molecule has 8 nitrogen and oxygen atoms in total. The zero-order valence-electron chi connectivity index (χ0n) is 12.5. The van der Waals surface area contributed by atoms with Crippen LogP contribution in [0.3, 0.4) is 0 Å². The van der Waals surface area contributed by atoms with E-state index in [2.05, 4.69) is 4.74 Å². The third kappa shape index (κ3) is 8.43. The Morgan fingerprint density at radius 1 is 1.35 bits per heavy atom. The topological polar surface area (TPSA) is 127 Å². The minimum Gasteiger partial charge on any atom is -0.809 e. The maximum atomic E-state index is 12.7. The maximum Gasteiger partial charge on any atom is 1.00 e. The van der Waals surface area contributed by atoms with Crippen LogP contribution in [0.2, 0.25) is 0 Å². The first-order valence-corrected chi connectivity index (χ1v) is 7.13. The summed E-state index contributed by atoms with van der Waals surface area (Å²) in [6, 6.07) is 0. The molecule has 1 heterocycles. The minimum absolute atomic E-state index is 0. The monoisotopic (exact) mass is 344 g/mol. The molecule has 0 aromatic carbocycles. The Bertz CT molecular complexity index is 670. The van der Waals surface area contributed by atoms with Gasteiger partial charge in [-0.25, -0.2) is 4.79 Å². The molecule has 120 valence electrons. The summed E-state index contributed by atoms with van der Waals surface area (Å²) in [5.41, 5.74) is -1.89. The second-order valence-electron chi connectivity index (χ2n) is 4.16. The summed E-state index contributed by atoms with van der Waals surface area (Å²) < 4.78 is 52.9. The van der Waals surface area contributed by atoms with E-state index in [1.807, 2.05) is 0 Å². The summed E-state index contributed by atoms with van der Waals surface area (Å²) in [6.45, 7) is 0.168. The second kappa shape index (κ2) is 9.31. The van der Waals surface area contributed by atoms with Crippen LogP contribution in [0.1, 0.15) is 5.56 Å². The van der Waals surface area contributed by atoms with Crippen molar-refractivity contribution >= 4 is 7.60 Å². The van der Waals surface area contributed by atoms with Gasteiger partial charge in [0.05, 0.1) is 12.9 Å². The molecular formula is C9H10F3Li2N2O6P. The van der Waals surface area contributed by atoms with Crippen molar-refractivity contribution in [3.8, 4) is 0 Å². The summed E-state index contributed by atoms with van der Waals surface area (Å²) in [4.78, 5) is 44.9. The van der Waals surface area contributed by atoms with Gasteiger partial charge in [0.1, 0.15) is 0 Å². The van der Waals surface area contributed by atoms with Crippen molar-refractivity contribution < 1.29 is 70.0 Å². The number of hydrogen-bond donors (Lipinski definition) is 1. The third-order valence-electron chi connectivity index (χ3n) is 2.35. The number of aryl methyl sites for hydroxylation is 1. The van der Waals surface area contributed by atoms with Gasteiger partial charge in [-0.1, -0.05) is 0 Å². The molecule has 1 atom stereocenters. The van der Waals surface area contributed by atoms with Crippen LogP contribution >= 0.6 is 7.60 Å². The van der Waals surface area contributed by atoms with E-state index in [4.69, 9.17) is 0 Å². The van der Waals surface area contributed by atoms with Crippen molar-refractivity contribution in [3.63, 3.8) is 0 Å². The molecule has 1 N–H and O–H groups in total. The summed E-state index contributed by atoms with van der Waals surface area (Å²) in [7, 11) is -5.29. The molecule has 0 spiro atoms. The van der Waals surface area contributed by atoms with Crippen LogP contribution in [0.15, 0.2) is 15.8 Å². The molecule has 0 bridgehead atoms. The molecule has 0 fully saturated rings. The third-order valence-corrected chi connectivity index (χ3v) is 2.82. The van der Waals surface area contributed by atoms with Crippen LogP contribution < -0.4 is 58.8 Å². The van der Waals surface area contributed by atoms with E-state index >= 15 is 0 Å². The molecule has 0 aliphatic heterocycles. The van der Waals surface area contributed by atoms with Crippen molar-refractivity contribution in [2.45, 2.75) is 25.7 Å². The quantitative estimate of drug-likeness (QED) is 0.418. The normalized spacial score (nSPS) is 13.0. The number of halogens is 3. The van der Waals surface area contributed by atoms with Gasteiger partial charge in [-0.05, 0) is 14.5 Å². The van der Waals surface area contributed by atoms with E-state index in [9.17, 15) is 37.1 Å². The Labute approximate surface area is 151 Å². The number of alkyl halides is 3. The number of hydrogen-bond acceptors (Lipinski definition) is 6. The molecule has 0 radical (unpaired) electrons. The molecule has 0 amide bonds. The number of H-pyrrole nitrogens is 1. The Morgan fingerprint density at radius 3 is 2.30 bits per heavy atom. The van der Waals surface area contributed by atoms with Gasteiger partial charge in [-0.3, -0.25) is 14.3 Å². The molecule has 0 saturated carbocycles. The van der Waals surface area contributed by atoms with Gasteiger partial charge in [0, 0.05) is 11.8 Å². The van der Waals surface area contributed by atoms with Gasteiger partial charge in [0.2, 0.25) is 0 Å². The molecule has 1 aromatic heterocycles. The average Bonchev–Trinajstić information content (AvgIpc) is 2.27. The predicted molar refractivity (Wildman–Crippen MR) is 59.5 cm³/mol. The van der Waals surface area contributed by atoms with Crippen molar-refractivity contribution in [1.29, 1.82) is 0 Å². The van der Waals surface area contributed by atoms with Crippen LogP contribution in [-0.4, -0.2) is 28.2 Å². The molecule has 23 heavy (non-hydrogen) atoms. The Hall–Kier alpha value is -0.225. The van der Waals surface area contributed by atoms with Crippen LogP contribution in [0.4, 0.5) is 13.2 Å². The minimum atomic E-state index is -5.29. The maximum absolute atomic E-state index is 12.7. The van der Waals surface area contributed by atoms with Gasteiger partial charge in [-0.15, -0.1) is 0 Å². The zero-order chi connectivity index (χ0) is 16.4. The second-order valence-corrected chi connectivity index (χ2v) is 5.64. The van der Waals surface area contributed by atoms with E-state index in [1.165, 1.54) is 6.92 Å². The number of ether oxygens (including phenoxy) is 1. The fraction of sp³-hybridized carbons (Fsp3) is 0.556. The van der Waals surface area contributed by atoms with Crippen molar-refractivity contribution in [2.75, 3.05) is 6.35 Å². The number of nitrogens with one attached hydrogen (secondary N) is 1. The standard InChI is InChI=1S/C9H12F3N2O6P.2Li/c1-5-2-14(8(16)13-7(5)15)3-6(9(10,11)12)20-4-21(17,18)19;;/h2,6H,3-4H2,1H3,(H,13,15,16)(H2,17,18,19);;/q;2*+1/p-2. The van der Waals surface area contributed by atoms with Crippen LogP contribution in [0.5, 0.6) is 0 Å². The van der Waals surface area contributed by atoms with Gasteiger partial charge < -0.3 is 19.1 Å². The van der Waals surface area contributed by atoms with Gasteiger partial charge in [0.25, 0.3) is 5.56 Å². The average molecular weight is 344 g/mol. The first-order chi connectivity index (χ1) is 9.40. The van der Waals surface area contributed by atoms with E-state index in [1.54, 1.807) is 4.98 Å². The van der Waals surface area contributed by atoms with Crippen molar-refractivity contribution in [1.82, 2.24) is 9.55 Å². The molecule has 14 heteroatoms. The Balaban J connectivity index is 0. The fourth-order valence-electron chi connectivity index (χ4n) is 1.36. The molecule has 0 aliphatic carbocycles. The van der Waals surface area contributed by atoms with E-state index in [0.29, 0.717) is 4.57 Å². The Kier molecular flexibility index (Phi) is 10.1. The first-order valence-electron chi connectivity index (χ1n) is 5.40. The van der Waals surface area contributed by atoms with Gasteiger partial charge >= 0.3 is 49.6 Å². The van der Waals surface area contributed by atoms with Crippen LogP contribution in [-0.2, 0) is 15.8 Å². The molecule has 0 aliphatic rings. The molecular weight excluding hydrogens is 334 g/mol. The van der Waals surface area contributed by atoms with Crippen LogP contribution in [0, 0.1) is 6.92 Å². The molecule has 1 aromatic rings.